The Hall–Kier alpha value is -0.410. The SMILES string of the molecule is CC(=O)CC(N)C1CCN(C)CC1. The van der Waals surface area contributed by atoms with Crippen LogP contribution in [-0.2, 0) is 4.79 Å². The van der Waals surface area contributed by atoms with E-state index in [2.05, 4.69) is 11.9 Å². The minimum atomic E-state index is 0.0891. The van der Waals surface area contributed by atoms with Crippen LogP contribution >= 0.6 is 0 Å². The zero-order valence-electron chi connectivity index (χ0n) is 8.62. The number of rotatable bonds is 3. The Morgan fingerprint density at radius 2 is 2.08 bits per heavy atom. The van der Waals surface area contributed by atoms with E-state index in [-0.39, 0.29) is 11.8 Å². The fourth-order valence-corrected chi connectivity index (χ4v) is 1.96. The average molecular weight is 184 g/mol. The maximum absolute atomic E-state index is 10.9. The lowest BCUT2D eigenvalue weighted by Gasteiger charge is -2.32. The van der Waals surface area contributed by atoms with Crippen molar-refractivity contribution in [3.05, 3.63) is 0 Å². The van der Waals surface area contributed by atoms with Crippen molar-refractivity contribution in [3.63, 3.8) is 0 Å². The standard InChI is InChI=1S/C10H20N2O/c1-8(13)7-10(11)9-3-5-12(2)6-4-9/h9-10H,3-7,11H2,1-2H3. The largest absolute Gasteiger partial charge is 0.327 e. The fraction of sp³-hybridized carbons (Fsp3) is 0.900. The Balaban J connectivity index is 2.31. The second-order valence-electron chi connectivity index (χ2n) is 4.21. The quantitative estimate of drug-likeness (QED) is 0.700. The van der Waals surface area contributed by atoms with E-state index in [0.29, 0.717) is 12.3 Å². The van der Waals surface area contributed by atoms with E-state index in [1.54, 1.807) is 6.92 Å². The number of nitrogens with zero attached hydrogens (tertiary/aromatic N) is 1. The molecule has 0 aromatic heterocycles. The molecule has 1 unspecified atom stereocenters. The van der Waals surface area contributed by atoms with Gasteiger partial charge >= 0.3 is 0 Å². The average Bonchev–Trinajstić information content (AvgIpc) is 2.04. The minimum absolute atomic E-state index is 0.0891. The first-order valence-corrected chi connectivity index (χ1v) is 5.03. The molecule has 0 spiro atoms. The van der Waals surface area contributed by atoms with Gasteiger partial charge in [-0.1, -0.05) is 0 Å². The number of ketones is 1. The molecule has 1 heterocycles. The molecule has 76 valence electrons. The first kappa shape index (κ1) is 10.7. The summed E-state index contributed by atoms with van der Waals surface area (Å²) < 4.78 is 0. The second-order valence-corrected chi connectivity index (χ2v) is 4.21. The van der Waals surface area contributed by atoms with Gasteiger partial charge in [-0.2, -0.15) is 0 Å². The maximum atomic E-state index is 10.9. The summed E-state index contributed by atoms with van der Waals surface area (Å²) >= 11 is 0. The molecule has 1 aliphatic heterocycles. The molecular formula is C10H20N2O. The highest BCUT2D eigenvalue weighted by atomic mass is 16.1. The molecule has 0 aromatic rings. The number of hydrogen-bond acceptors (Lipinski definition) is 3. The van der Waals surface area contributed by atoms with Crippen LogP contribution in [0, 0.1) is 5.92 Å². The molecular weight excluding hydrogens is 164 g/mol. The van der Waals surface area contributed by atoms with Gasteiger partial charge in [-0.05, 0) is 45.8 Å². The molecule has 3 heteroatoms. The Morgan fingerprint density at radius 3 is 2.54 bits per heavy atom. The summed E-state index contributed by atoms with van der Waals surface area (Å²) in [6, 6.07) is 0.0891. The molecule has 0 radical (unpaired) electrons. The topological polar surface area (TPSA) is 46.3 Å². The van der Waals surface area contributed by atoms with Crippen LogP contribution in [0.3, 0.4) is 0 Å². The van der Waals surface area contributed by atoms with Gasteiger partial charge in [0.2, 0.25) is 0 Å². The number of likely N-dealkylation sites (tertiary alicyclic amines) is 1. The van der Waals surface area contributed by atoms with Crippen LogP contribution in [0.15, 0.2) is 0 Å². The first-order valence-electron chi connectivity index (χ1n) is 5.03. The van der Waals surface area contributed by atoms with Crippen LogP contribution in [0.25, 0.3) is 0 Å². The van der Waals surface area contributed by atoms with Gasteiger partial charge in [0.15, 0.2) is 0 Å². The van der Waals surface area contributed by atoms with Gasteiger partial charge in [0.25, 0.3) is 0 Å². The monoisotopic (exact) mass is 184 g/mol. The van der Waals surface area contributed by atoms with Gasteiger partial charge in [0.05, 0.1) is 0 Å². The van der Waals surface area contributed by atoms with Crippen molar-refractivity contribution in [3.8, 4) is 0 Å². The first-order chi connectivity index (χ1) is 6.09. The Labute approximate surface area is 80.3 Å². The van der Waals surface area contributed by atoms with Crippen molar-refractivity contribution in [1.29, 1.82) is 0 Å². The lowest BCUT2D eigenvalue weighted by Crippen LogP contribution is -2.40. The summed E-state index contributed by atoms with van der Waals surface area (Å²) in [7, 11) is 2.13. The van der Waals surface area contributed by atoms with Crippen LogP contribution in [-0.4, -0.2) is 36.9 Å². The van der Waals surface area contributed by atoms with Gasteiger partial charge in [-0.3, -0.25) is 4.79 Å². The highest BCUT2D eigenvalue weighted by molar-refractivity contribution is 5.76. The molecule has 0 bridgehead atoms. The number of hydrogen-bond donors (Lipinski definition) is 1. The van der Waals surface area contributed by atoms with Crippen molar-refractivity contribution in [2.75, 3.05) is 20.1 Å². The van der Waals surface area contributed by atoms with Crippen LogP contribution in [0.5, 0.6) is 0 Å². The Bertz CT molecular complexity index is 174. The highest BCUT2D eigenvalue weighted by Crippen LogP contribution is 2.20. The summed E-state index contributed by atoms with van der Waals surface area (Å²) in [6.07, 6.45) is 2.84. The molecule has 3 nitrogen and oxygen atoms in total. The molecule has 1 aliphatic rings. The summed E-state index contributed by atoms with van der Waals surface area (Å²) in [5, 5.41) is 0. The van der Waals surface area contributed by atoms with E-state index in [0.717, 1.165) is 25.9 Å². The van der Waals surface area contributed by atoms with Crippen LogP contribution in [0.4, 0.5) is 0 Å². The van der Waals surface area contributed by atoms with Crippen molar-refractivity contribution in [1.82, 2.24) is 4.90 Å². The molecule has 0 saturated carbocycles. The van der Waals surface area contributed by atoms with Gasteiger partial charge in [-0.15, -0.1) is 0 Å². The van der Waals surface area contributed by atoms with E-state index < -0.39 is 0 Å². The third kappa shape index (κ3) is 3.44. The molecule has 2 N–H and O–H groups in total. The number of carbonyl (C=O) groups excluding carboxylic acids is 1. The van der Waals surface area contributed by atoms with Crippen LogP contribution in [0.1, 0.15) is 26.2 Å². The summed E-state index contributed by atoms with van der Waals surface area (Å²) in [4.78, 5) is 13.2. The van der Waals surface area contributed by atoms with Gasteiger partial charge in [-0.25, -0.2) is 0 Å². The van der Waals surface area contributed by atoms with Crippen LogP contribution < -0.4 is 5.73 Å². The summed E-state index contributed by atoms with van der Waals surface area (Å²) in [6.45, 7) is 3.86. The maximum Gasteiger partial charge on any atom is 0.131 e. The lowest BCUT2D eigenvalue weighted by atomic mass is 9.87. The Kier molecular flexibility index (Phi) is 3.88. The molecule has 1 rings (SSSR count). The van der Waals surface area contributed by atoms with Gasteiger partial charge < -0.3 is 10.6 Å². The molecule has 1 saturated heterocycles. The summed E-state index contributed by atoms with van der Waals surface area (Å²) in [5.74, 6) is 0.770. The second kappa shape index (κ2) is 4.72. The molecule has 0 aromatic carbocycles. The van der Waals surface area contributed by atoms with Crippen molar-refractivity contribution in [2.24, 2.45) is 11.7 Å². The summed E-state index contributed by atoms with van der Waals surface area (Å²) in [5.41, 5.74) is 5.96. The molecule has 1 fully saturated rings. The third-order valence-electron chi connectivity index (χ3n) is 2.89. The van der Waals surface area contributed by atoms with E-state index in [1.807, 2.05) is 0 Å². The van der Waals surface area contributed by atoms with E-state index in [9.17, 15) is 4.79 Å². The number of piperidine rings is 1. The molecule has 0 aliphatic carbocycles. The number of Topliss-reactive ketones (excluding diaryl/α,β-unsaturated/α-hetero) is 1. The number of carbonyl (C=O) groups is 1. The van der Waals surface area contributed by atoms with Gasteiger partial charge in [0, 0.05) is 12.5 Å². The Morgan fingerprint density at radius 1 is 1.54 bits per heavy atom. The molecule has 1 atom stereocenters. The normalized spacial score (nSPS) is 23.0. The number of nitrogens with two attached hydrogens (primary N) is 1. The zero-order valence-corrected chi connectivity index (χ0v) is 8.62. The predicted octanol–water partition coefficient (Wildman–Crippen LogP) is 0.635. The van der Waals surface area contributed by atoms with Gasteiger partial charge in [0.1, 0.15) is 5.78 Å². The molecule has 0 amide bonds. The van der Waals surface area contributed by atoms with Crippen molar-refractivity contribution < 1.29 is 4.79 Å². The zero-order chi connectivity index (χ0) is 9.84. The van der Waals surface area contributed by atoms with Crippen molar-refractivity contribution >= 4 is 5.78 Å². The highest BCUT2D eigenvalue weighted by Gasteiger charge is 2.23. The smallest absolute Gasteiger partial charge is 0.131 e. The predicted molar refractivity (Wildman–Crippen MR) is 53.5 cm³/mol. The van der Waals surface area contributed by atoms with E-state index in [1.165, 1.54) is 0 Å². The van der Waals surface area contributed by atoms with Crippen molar-refractivity contribution in [2.45, 2.75) is 32.2 Å². The van der Waals surface area contributed by atoms with E-state index >= 15 is 0 Å². The lowest BCUT2D eigenvalue weighted by molar-refractivity contribution is -0.117. The minimum Gasteiger partial charge on any atom is -0.327 e. The van der Waals surface area contributed by atoms with Crippen LogP contribution in [0.2, 0.25) is 0 Å². The third-order valence-corrected chi connectivity index (χ3v) is 2.89. The van der Waals surface area contributed by atoms with E-state index in [4.69, 9.17) is 5.73 Å². The molecule has 13 heavy (non-hydrogen) atoms. The fourth-order valence-electron chi connectivity index (χ4n) is 1.96.